The van der Waals surface area contributed by atoms with Crippen LogP contribution in [0.3, 0.4) is 0 Å². The molecule has 1 atom stereocenters. The Kier molecular flexibility index (Phi) is 7.92. The summed E-state index contributed by atoms with van der Waals surface area (Å²) < 4.78 is 38.4. The predicted octanol–water partition coefficient (Wildman–Crippen LogP) is 4.93. The Labute approximate surface area is 199 Å². The van der Waals surface area contributed by atoms with Gasteiger partial charge in [0.05, 0.1) is 18.7 Å². The van der Waals surface area contributed by atoms with Gasteiger partial charge in [-0.15, -0.1) is 0 Å². The van der Waals surface area contributed by atoms with Crippen molar-refractivity contribution in [1.82, 2.24) is 9.80 Å². The van der Waals surface area contributed by atoms with Crippen molar-refractivity contribution in [2.24, 2.45) is 0 Å². The van der Waals surface area contributed by atoms with E-state index in [9.17, 15) is 18.4 Å². The number of esters is 1. The van der Waals surface area contributed by atoms with Crippen LogP contribution in [0.1, 0.15) is 51.8 Å². The first-order valence-electron chi connectivity index (χ1n) is 11.4. The van der Waals surface area contributed by atoms with E-state index in [1.165, 1.54) is 29.2 Å². The molecule has 184 valence electrons. The van der Waals surface area contributed by atoms with Crippen molar-refractivity contribution in [3.8, 4) is 0 Å². The van der Waals surface area contributed by atoms with E-state index in [1.54, 1.807) is 58.9 Å². The van der Waals surface area contributed by atoms with Crippen molar-refractivity contribution in [2.75, 3.05) is 19.6 Å². The Bertz CT molecular complexity index is 942. The Morgan fingerprint density at radius 3 is 1.85 bits per heavy atom. The van der Waals surface area contributed by atoms with Gasteiger partial charge < -0.3 is 14.4 Å². The first-order chi connectivity index (χ1) is 15.9. The molecule has 0 saturated carbocycles. The fourth-order valence-corrected chi connectivity index (χ4v) is 3.98. The monoisotopic (exact) mass is 474 g/mol. The van der Waals surface area contributed by atoms with Crippen LogP contribution < -0.4 is 0 Å². The molecule has 8 heteroatoms. The smallest absolute Gasteiger partial charge is 0.410 e. The molecule has 1 aliphatic heterocycles. The van der Waals surface area contributed by atoms with Crippen molar-refractivity contribution in [1.29, 1.82) is 0 Å². The number of nitrogens with zero attached hydrogens (tertiary/aromatic N) is 2. The predicted molar refractivity (Wildman–Crippen MR) is 124 cm³/mol. The Balaban J connectivity index is 1.99. The molecule has 2 aromatic rings. The van der Waals surface area contributed by atoms with Crippen molar-refractivity contribution in [2.45, 2.75) is 58.4 Å². The van der Waals surface area contributed by atoms with Crippen LogP contribution in [0.2, 0.25) is 0 Å². The van der Waals surface area contributed by atoms with Gasteiger partial charge in [-0.25, -0.2) is 13.6 Å². The summed E-state index contributed by atoms with van der Waals surface area (Å²) in [6, 6.07) is 10.7. The second-order valence-corrected chi connectivity index (χ2v) is 9.67. The minimum absolute atomic E-state index is 0.0688. The molecule has 1 unspecified atom stereocenters. The minimum atomic E-state index is -0.802. The van der Waals surface area contributed by atoms with E-state index in [-0.39, 0.29) is 24.3 Å². The zero-order valence-electron chi connectivity index (χ0n) is 20.3. The van der Waals surface area contributed by atoms with Crippen LogP contribution in [0.15, 0.2) is 48.5 Å². The molecule has 0 N–H and O–H groups in total. The lowest BCUT2D eigenvalue weighted by Crippen LogP contribution is -2.59. The molecule has 1 fully saturated rings. The van der Waals surface area contributed by atoms with Crippen LogP contribution in [-0.4, -0.2) is 59.2 Å². The molecule has 2 aromatic carbocycles. The first-order valence-corrected chi connectivity index (χ1v) is 11.4. The summed E-state index contributed by atoms with van der Waals surface area (Å²) >= 11 is 0. The first kappa shape index (κ1) is 25.6. The lowest BCUT2D eigenvalue weighted by molar-refractivity contribution is -0.157. The van der Waals surface area contributed by atoms with Gasteiger partial charge in [0.25, 0.3) is 0 Å². The van der Waals surface area contributed by atoms with Gasteiger partial charge in [0.2, 0.25) is 0 Å². The topological polar surface area (TPSA) is 59.1 Å². The summed E-state index contributed by atoms with van der Waals surface area (Å²) in [6.45, 7) is 9.58. The van der Waals surface area contributed by atoms with Crippen LogP contribution in [0.25, 0.3) is 0 Å². The van der Waals surface area contributed by atoms with Crippen LogP contribution in [-0.2, 0) is 14.3 Å². The second kappa shape index (κ2) is 10.5. The SMILES string of the molecule is CC(C)OC(=O)C1CN(C(=O)OC(C)(C)C)CCN1C(c1ccc(F)cc1)c1ccc(F)cc1. The molecule has 1 aliphatic rings. The molecule has 3 rings (SSSR count). The lowest BCUT2D eigenvalue weighted by Gasteiger charge is -2.44. The Morgan fingerprint density at radius 2 is 1.41 bits per heavy atom. The van der Waals surface area contributed by atoms with Crippen molar-refractivity contribution in [3.05, 3.63) is 71.3 Å². The number of carbonyl (C=O) groups excluding carboxylic acids is 2. The van der Waals surface area contributed by atoms with Gasteiger partial charge >= 0.3 is 12.1 Å². The summed E-state index contributed by atoms with van der Waals surface area (Å²) in [4.78, 5) is 29.4. The Morgan fingerprint density at radius 1 is 0.912 bits per heavy atom. The van der Waals surface area contributed by atoms with E-state index in [2.05, 4.69) is 0 Å². The average Bonchev–Trinajstić information content (AvgIpc) is 2.75. The van der Waals surface area contributed by atoms with Crippen molar-refractivity contribution < 1.29 is 27.8 Å². The molecule has 6 nitrogen and oxygen atoms in total. The third-order valence-corrected chi connectivity index (χ3v) is 5.40. The molecule has 1 heterocycles. The molecule has 0 radical (unpaired) electrons. The number of benzene rings is 2. The lowest BCUT2D eigenvalue weighted by atomic mass is 9.94. The number of hydrogen-bond donors (Lipinski definition) is 0. The fourth-order valence-electron chi connectivity index (χ4n) is 3.98. The maximum absolute atomic E-state index is 13.7. The van der Waals surface area contributed by atoms with Crippen LogP contribution in [0.4, 0.5) is 13.6 Å². The molecule has 0 aromatic heterocycles. The number of amides is 1. The second-order valence-electron chi connectivity index (χ2n) is 9.67. The number of halogens is 2. The third-order valence-electron chi connectivity index (χ3n) is 5.40. The molecule has 0 spiro atoms. The van der Waals surface area contributed by atoms with E-state index < -0.39 is 29.7 Å². The summed E-state index contributed by atoms with van der Waals surface area (Å²) in [5, 5.41) is 0. The fraction of sp³-hybridized carbons (Fsp3) is 0.462. The van der Waals surface area contributed by atoms with E-state index >= 15 is 0 Å². The van der Waals surface area contributed by atoms with Crippen molar-refractivity contribution >= 4 is 12.1 Å². The van der Waals surface area contributed by atoms with Gasteiger partial charge in [-0.2, -0.15) is 0 Å². The zero-order chi connectivity index (χ0) is 25.0. The highest BCUT2D eigenvalue weighted by atomic mass is 19.1. The van der Waals surface area contributed by atoms with Gasteiger partial charge in [-0.3, -0.25) is 9.69 Å². The number of rotatable bonds is 5. The number of piperazine rings is 1. The molecular weight excluding hydrogens is 442 g/mol. The summed E-state index contributed by atoms with van der Waals surface area (Å²) in [6.07, 6.45) is -0.851. The molecular formula is C26H32F2N2O4. The number of hydrogen-bond acceptors (Lipinski definition) is 5. The molecule has 0 bridgehead atoms. The molecule has 0 aliphatic carbocycles. The largest absolute Gasteiger partial charge is 0.462 e. The van der Waals surface area contributed by atoms with Gasteiger partial charge in [-0.05, 0) is 70.0 Å². The van der Waals surface area contributed by atoms with E-state index in [1.807, 2.05) is 4.90 Å². The van der Waals surface area contributed by atoms with E-state index in [4.69, 9.17) is 9.47 Å². The molecule has 34 heavy (non-hydrogen) atoms. The van der Waals surface area contributed by atoms with Crippen LogP contribution in [0.5, 0.6) is 0 Å². The highest BCUT2D eigenvalue weighted by molar-refractivity contribution is 5.78. The van der Waals surface area contributed by atoms with E-state index in [0.29, 0.717) is 13.1 Å². The molecule has 1 amide bonds. The van der Waals surface area contributed by atoms with E-state index in [0.717, 1.165) is 11.1 Å². The summed E-state index contributed by atoms with van der Waals surface area (Å²) in [5.41, 5.74) is 0.801. The van der Waals surface area contributed by atoms with Gasteiger partial charge in [0, 0.05) is 13.1 Å². The minimum Gasteiger partial charge on any atom is -0.462 e. The van der Waals surface area contributed by atoms with Gasteiger partial charge in [-0.1, -0.05) is 24.3 Å². The summed E-state index contributed by atoms with van der Waals surface area (Å²) in [5.74, 6) is -1.24. The highest BCUT2D eigenvalue weighted by Gasteiger charge is 2.41. The zero-order valence-corrected chi connectivity index (χ0v) is 20.3. The maximum atomic E-state index is 13.7. The standard InChI is InChI=1S/C26H32F2N2O4/c1-17(2)33-24(31)22-16-29(25(32)34-26(3,4)5)14-15-30(22)23(18-6-10-20(27)11-7-18)19-8-12-21(28)13-9-19/h6-13,17,22-23H,14-16H2,1-5H3. The number of ether oxygens (including phenoxy) is 2. The van der Waals surface area contributed by atoms with Crippen LogP contribution in [0, 0.1) is 11.6 Å². The quantitative estimate of drug-likeness (QED) is 0.576. The third kappa shape index (κ3) is 6.53. The maximum Gasteiger partial charge on any atom is 0.410 e. The highest BCUT2D eigenvalue weighted by Crippen LogP contribution is 2.33. The van der Waals surface area contributed by atoms with Gasteiger partial charge in [0.1, 0.15) is 23.3 Å². The number of carbonyl (C=O) groups is 2. The normalized spacial score (nSPS) is 17.2. The average molecular weight is 475 g/mol. The van der Waals surface area contributed by atoms with Crippen LogP contribution >= 0.6 is 0 Å². The van der Waals surface area contributed by atoms with Crippen molar-refractivity contribution in [3.63, 3.8) is 0 Å². The summed E-state index contributed by atoms with van der Waals surface area (Å²) in [7, 11) is 0. The van der Waals surface area contributed by atoms with Gasteiger partial charge in [0.15, 0.2) is 0 Å². The Hall–Kier alpha value is -3.00. The molecule has 1 saturated heterocycles.